The van der Waals surface area contributed by atoms with Crippen molar-refractivity contribution >= 4 is 17.3 Å². The third kappa shape index (κ3) is 3.29. The molecule has 3 nitrogen and oxygen atoms in total. The average molecular weight is 282 g/mol. The fourth-order valence-corrected chi connectivity index (χ4v) is 1.78. The average Bonchev–Trinajstić information content (AvgIpc) is 2.40. The zero-order valence-electron chi connectivity index (χ0n) is 10.3. The Morgan fingerprint density at radius 1 is 1.21 bits per heavy atom. The summed E-state index contributed by atoms with van der Waals surface area (Å²) in [5.41, 5.74) is 7.22. The van der Waals surface area contributed by atoms with E-state index in [1.807, 2.05) is 6.07 Å². The largest absolute Gasteiger partial charge is 0.495 e. The Balaban J connectivity index is 2.05. The van der Waals surface area contributed by atoms with Crippen molar-refractivity contribution in [2.24, 2.45) is 0 Å². The lowest BCUT2D eigenvalue weighted by Crippen LogP contribution is -1.98. The highest BCUT2D eigenvalue weighted by Crippen LogP contribution is 2.24. The Morgan fingerprint density at radius 3 is 2.63 bits per heavy atom. The minimum Gasteiger partial charge on any atom is -0.495 e. The van der Waals surface area contributed by atoms with Crippen LogP contribution >= 0.6 is 11.6 Å². The van der Waals surface area contributed by atoms with Gasteiger partial charge >= 0.3 is 0 Å². The van der Waals surface area contributed by atoms with Crippen molar-refractivity contribution in [1.82, 2.24) is 0 Å². The van der Waals surface area contributed by atoms with Crippen molar-refractivity contribution in [2.45, 2.75) is 6.61 Å². The lowest BCUT2D eigenvalue weighted by Gasteiger charge is -2.09. The minimum atomic E-state index is -0.470. The summed E-state index contributed by atoms with van der Waals surface area (Å²) < 4.78 is 23.6. The topological polar surface area (TPSA) is 44.5 Å². The van der Waals surface area contributed by atoms with E-state index in [9.17, 15) is 4.39 Å². The lowest BCUT2D eigenvalue weighted by molar-refractivity contribution is 0.305. The normalized spacial score (nSPS) is 10.3. The van der Waals surface area contributed by atoms with E-state index in [1.54, 1.807) is 19.2 Å². The summed E-state index contributed by atoms with van der Waals surface area (Å²) in [6, 6.07) is 9.61. The SMILES string of the molecule is COc1ccc(COc2ccc(F)c(Cl)c2)cc1N. The van der Waals surface area contributed by atoms with E-state index in [0.29, 0.717) is 23.8 Å². The number of rotatable bonds is 4. The Labute approximate surface area is 115 Å². The number of anilines is 1. The predicted octanol–water partition coefficient (Wildman–Crippen LogP) is 3.65. The second-order valence-electron chi connectivity index (χ2n) is 3.94. The molecule has 0 aliphatic rings. The Bertz CT molecular complexity index is 590. The van der Waals surface area contributed by atoms with Crippen molar-refractivity contribution < 1.29 is 13.9 Å². The fourth-order valence-electron chi connectivity index (χ4n) is 1.61. The molecule has 0 atom stereocenters. The quantitative estimate of drug-likeness (QED) is 0.870. The van der Waals surface area contributed by atoms with Crippen LogP contribution in [0.5, 0.6) is 11.5 Å². The van der Waals surface area contributed by atoms with Crippen molar-refractivity contribution in [3.8, 4) is 11.5 Å². The maximum Gasteiger partial charge on any atom is 0.142 e. The number of ether oxygens (including phenoxy) is 2. The molecule has 100 valence electrons. The first-order valence-electron chi connectivity index (χ1n) is 5.60. The predicted molar refractivity (Wildman–Crippen MR) is 73.1 cm³/mol. The van der Waals surface area contributed by atoms with Gasteiger partial charge in [0.15, 0.2) is 0 Å². The van der Waals surface area contributed by atoms with Gasteiger partial charge in [-0.3, -0.25) is 0 Å². The summed E-state index contributed by atoms with van der Waals surface area (Å²) in [6.07, 6.45) is 0. The molecule has 5 heteroatoms. The van der Waals surface area contributed by atoms with Crippen LogP contribution in [0.3, 0.4) is 0 Å². The van der Waals surface area contributed by atoms with Gasteiger partial charge in [-0.1, -0.05) is 17.7 Å². The van der Waals surface area contributed by atoms with Gasteiger partial charge in [-0.25, -0.2) is 4.39 Å². The number of hydrogen-bond donors (Lipinski definition) is 1. The molecule has 0 saturated heterocycles. The summed E-state index contributed by atoms with van der Waals surface area (Å²) in [5, 5.41) is 0.0340. The summed E-state index contributed by atoms with van der Waals surface area (Å²) in [7, 11) is 1.56. The van der Waals surface area contributed by atoms with Crippen LogP contribution in [0.2, 0.25) is 5.02 Å². The van der Waals surface area contributed by atoms with E-state index < -0.39 is 5.82 Å². The van der Waals surface area contributed by atoms with Gasteiger partial charge in [-0.05, 0) is 29.8 Å². The summed E-state index contributed by atoms with van der Waals surface area (Å²) in [5.74, 6) is 0.650. The number of hydrogen-bond acceptors (Lipinski definition) is 3. The van der Waals surface area contributed by atoms with E-state index in [2.05, 4.69) is 0 Å². The van der Waals surface area contributed by atoms with Gasteiger partial charge in [-0.2, -0.15) is 0 Å². The standard InChI is InChI=1S/C14H13ClFNO2/c1-18-14-5-2-9(6-13(14)17)8-19-10-3-4-12(16)11(15)7-10/h2-7H,8,17H2,1H3. The van der Waals surface area contributed by atoms with E-state index >= 15 is 0 Å². The van der Waals surface area contributed by atoms with E-state index in [-0.39, 0.29) is 5.02 Å². The minimum absolute atomic E-state index is 0.0340. The van der Waals surface area contributed by atoms with Crippen LogP contribution in [0.15, 0.2) is 36.4 Å². The van der Waals surface area contributed by atoms with Crippen LogP contribution in [-0.2, 0) is 6.61 Å². The van der Waals surface area contributed by atoms with E-state index in [4.69, 9.17) is 26.8 Å². The van der Waals surface area contributed by atoms with E-state index in [1.165, 1.54) is 18.2 Å². The summed E-state index contributed by atoms with van der Waals surface area (Å²) in [4.78, 5) is 0. The molecule has 2 N–H and O–H groups in total. The van der Waals surface area contributed by atoms with Crippen LogP contribution in [0, 0.1) is 5.82 Å². The smallest absolute Gasteiger partial charge is 0.142 e. The summed E-state index contributed by atoms with van der Waals surface area (Å²) in [6.45, 7) is 0.316. The zero-order chi connectivity index (χ0) is 13.8. The molecule has 0 unspecified atom stereocenters. The molecule has 2 aromatic carbocycles. The first kappa shape index (κ1) is 13.5. The molecule has 0 aliphatic heterocycles. The molecule has 0 aliphatic carbocycles. The molecule has 0 radical (unpaired) electrons. The summed E-state index contributed by atoms with van der Waals surface area (Å²) >= 11 is 5.67. The third-order valence-electron chi connectivity index (χ3n) is 2.59. The molecule has 0 spiro atoms. The highest BCUT2D eigenvalue weighted by Gasteiger charge is 2.04. The Hall–Kier alpha value is -1.94. The second-order valence-corrected chi connectivity index (χ2v) is 4.35. The van der Waals surface area contributed by atoms with Gasteiger partial charge < -0.3 is 15.2 Å². The van der Waals surface area contributed by atoms with Gasteiger partial charge in [0.1, 0.15) is 23.9 Å². The van der Waals surface area contributed by atoms with Crippen LogP contribution in [0.1, 0.15) is 5.56 Å². The lowest BCUT2D eigenvalue weighted by atomic mass is 10.2. The fraction of sp³-hybridized carbons (Fsp3) is 0.143. The van der Waals surface area contributed by atoms with Gasteiger partial charge in [-0.15, -0.1) is 0 Å². The van der Waals surface area contributed by atoms with Crippen LogP contribution in [-0.4, -0.2) is 7.11 Å². The van der Waals surface area contributed by atoms with Gasteiger partial charge in [0.05, 0.1) is 17.8 Å². The Morgan fingerprint density at radius 2 is 2.00 bits per heavy atom. The number of nitrogen functional groups attached to an aromatic ring is 1. The van der Waals surface area contributed by atoms with Crippen LogP contribution in [0.25, 0.3) is 0 Å². The third-order valence-corrected chi connectivity index (χ3v) is 2.88. The molecular weight excluding hydrogens is 269 g/mol. The molecule has 19 heavy (non-hydrogen) atoms. The maximum atomic E-state index is 13.0. The molecule has 2 aromatic rings. The highest BCUT2D eigenvalue weighted by atomic mass is 35.5. The number of halogens is 2. The number of benzene rings is 2. The molecule has 0 heterocycles. The first-order chi connectivity index (χ1) is 9.10. The zero-order valence-corrected chi connectivity index (χ0v) is 11.1. The highest BCUT2D eigenvalue weighted by molar-refractivity contribution is 6.30. The molecular formula is C14H13ClFNO2. The van der Waals surface area contributed by atoms with Gasteiger partial charge in [0, 0.05) is 6.07 Å². The molecule has 0 aromatic heterocycles. The second kappa shape index (κ2) is 5.80. The van der Waals surface area contributed by atoms with E-state index in [0.717, 1.165) is 5.56 Å². The molecule has 0 fully saturated rings. The molecule has 0 bridgehead atoms. The van der Waals surface area contributed by atoms with Crippen LogP contribution in [0.4, 0.5) is 10.1 Å². The maximum absolute atomic E-state index is 13.0. The van der Waals surface area contributed by atoms with Gasteiger partial charge in [0.2, 0.25) is 0 Å². The van der Waals surface area contributed by atoms with Crippen LogP contribution < -0.4 is 15.2 Å². The first-order valence-corrected chi connectivity index (χ1v) is 5.98. The molecule has 0 saturated carbocycles. The van der Waals surface area contributed by atoms with Gasteiger partial charge in [0.25, 0.3) is 0 Å². The van der Waals surface area contributed by atoms with Crippen molar-refractivity contribution in [2.75, 3.05) is 12.8 Å². The monoisotopic (exact) mass is 281 g/mol. The van der Waals surface area contributed by atoms with Crippen molar-refractivity contribution in [1.29, 1.82) is 0 Å². The Kier molecular flexibility index (Phi) is 4.12. The number of methoxy groups -OCH3 is 1. The van der Waals surface area contributed by atoms with Crippen molar-refractivity contribution in [3.05, 3.63) is 52.8 Å². The van der Waals surface area contributed by atoms with Crippen molar-refractivity contribution in [3.63, 3.8) is 0 Å². The molecule has 2 rings (SSSR count). The molecule has 0 amide bonds. The number of nitrogens with two attached hydrogens (primary N) is 1.